The van der Waals surface area contributed by atoms with Gasteiger partial charge in [0.25, 0.3) is 11.8 Å². The molecule has 2 atom stereocenters. The molecule has 6 heteroatoms. The van der Waals surface area contributed by atoms with E-state index < -0.39 is 23.8 Å². The van der Waals surface area contributed by atoms with Gasteiger partial charge in [-0.25, -0.2) is 0 Å². The van der Waals surface area contributed by atoms with E-state index in [9.17, 15) is 14.4 Å². The number of hydrogen-bond acceptors (Lipinski definition) is 4. The lowest BCUT2D eigenvalue weighted by Crippen LogP contribution is -2.42. The number of primary amides is 1. The maximum absolute atomic E-state index is 12.9. The summed E-state index contributed by atoms with van der Waals surface area (Å²) in [6.45, 7) is 2.69. The maximum Gasteiger partial charge on any atom is 0.262 e. The minimum atomic E-state index is -1.14. The number of nitrogens with two attached hydrogens (primary N) is 1. The first-order valence-electron chi connectivity index (χ1n) is 10.0. The number of fused-ring (bicyclic) bond motifs is 1. The number of nitrogens with one attached hydrogen (secondary N) is 1. The normalized spacial score (nSPS) is 17.9. The molecule has 150 valence electrons. The number of amides is 3. The van der Waals surface area contributed by atoms with E-state index in [-0.39, 0.29) is 0 Å². The van der Waals surface area contributed by atoms with Crippen molar-refractivity contribution in [1.82, 2.24) is 10.2 Å². The Morgan fingerprint density at radius 3 is 2.24 bits per heavy atom. The van der Waals surface area contributed by atoms with Gasteiger partial charge in [-0.05, 0) is 42.5 Å². The van der Waals surface area contributed by atoms with Crippen LogP contribution in [0.1, 0.15) is 64.1 Å². The highest BCUT2D eigenvalue weighted by molar-refractivity contribution is 6.22. The highest BCUT2D eigenvalue weighted by atomic mass is 16.2. The molecule has 4 rings (SSSR count). The minimum Gasteiger partial charge on any atom is -0.368 e. The van der Waals surface area contributed by atoms with Crippen LogP contribution in [0, 0.1) is 5.92 Å². The molecule has 1 fully saturated rings. The Kier molecular flexibility index (Phi) is 5.20. The zero-order valence-electron chi connectivity index (χ0n) is 16.4. The molecule has 29 heavy (non-hydrogen) atoms. The predicted octanol–water partition coefficient (Wildman–Crippen LogP) is 2.79. The van der Waals surface area contributed by atoms with Gasteiger partial charge in [-0.1, -0.05) is 49.2 Å². The van der Waals surface area contributed by atoms with E-state index in [1.165, 1.54) is 12.8 Å². The molecule has 0 aromatic heterocycles. The van der Waals surface area contributed by atoms with Crippen LogP contribution in [0.3, 0.4) is 0 Å². The van der Waals surface area contributed by atoms with E-state index in [2.05, 4.69) is 12.2 Å². The zero-order chi connectivity index (χ0) is 20.5. The maximum atomic E-state index is 12.9. The van der Waals surface area contributed by atoms with Crippen molar-refractivity contribution in [2.24, 2.45) is 11.7 Å². The molecule has 3 N–H and O–H groups in total. The van der Waals surface area contributed by atoms with Crippen LogP contribution < -0.4 is 11.1 Å². The molecule has 3 amide bonds. The van der Waals surface area contributed by atoms with Crippen molar-refractivity contribution in [1.29, 1.82) is 0 Å². The van der Waals surface area contributed by atoms with E-state index in [1.54, 1.807) is 36.4 Å². The Morgan fingerprint density at radius 1 is 1.07 bits per heavy atom. The topological polar surface area (TPSA) is 92.5 Å². The van der Waals surface area contributed by atoms with Crippen molar-refractivity contribution < 1.29 is 14.4 Å². The highest BCUT2D eigenvalue weighted by Crippen LogP contribution is 2.34. The molecular formula is C23H25N3O3. The van der Waals surface area contributed by atoms with Crippen molar-refractivity contribution >= 4 is 17.7 Å². The second-order valence-electron chi connectivity index (χ2n) is 7.99. The first-order chi connectivity index (χ1) is 14.0. The van der Waals surface area contributed by atoms with E-state index >= 15 is 0 Å². The average Bonchev–Trinajstić information content (AvgIpc) is 3.49. The Bertz CT molecular complexity index is 932. The van der Waals surface area contributed by atoms with Crippen LogP contribution in [0.25, 0.3) is 0 Å². The molecule has 0 spiro atoms. The lowest BCUT2D eigenvalue weighted by molar-refractivity contribution is -0.122. The summed E-state index contributed by atoms with van der Waals surface area (Å²) in [5.74, 6) is -0.888. The van der Waals surface area contributed by atoms with Gasteiger partial charge in [0.05, 0.1) is 11.1 Å². The van der Waals surface area contributed by atoms with Gasteiger partial charge in [-0.15, -0.1) is 0 Å². The number of nitrogens with zero attached hydrogens (tertiary/aromatic N) is 1. The largest absolute Gasteiger partial charge is 0.368 e. The molecule has 1 aliphatic carbocycles. The summed E-state index contributed by atoms with van der Waals surface area (Å²) in [6.07, 6.45) is 3.72. The fourth-order valence-corrected chi connectivity index (χ4v) is 4.04. The second-order valence-corrected chi connectivity index (χ2v) is 7.99. The van der Waals surface area contributed by atoms with Crippen LogP contribution in [0.15, 0.2) is 48.5 Å². The van der Waals surface area contributed by atoms with Crippen molar-refractivity contribution in [3.8, 4) is 0 Å². The number of carbonyl (C=O) groups excluding carboxylic acids is 3. The molecule has 2 aromatic carbocycles. The summed E-state index contributed by atoms with van der Waals surface area (Å²) in [6, 6.07) is 13.1. The minimum absolute atomic E-state index is 0.303. The first-order valence-corrected chi connectivity index (χ1v) is 10.0. The lowest BCUT2D eigenvalue weighted by atomic mass is 9.98. The summed E-state index contributed by atoms with van der Waals surface area (Å²) in [5, 5.41) is 3.49. The summed E-state index contributed by atoms with van der Waals surface area (Å²) in [7, 11) is 0. The van der Waals surface area contributed by atoms with E-state index in [0.717, 1.165) is 22.8 Å². The molecule has 6 nitrogen and oxygen atoms in total. The third kappa shape index (κ3) is 3.80. The number of hydrogen-bond donors (Lipinski definition) is 2. The van der Waals surface area contributed by atoms with Crippen molar-refractivity contribution in [2.75, 3.05) is 0 Å². The molecule has 1 saturated carbocycles. The van der Waals surface area contributed by atoms with Gasteiger partial charge in [-0.3, -0.25) is 19.3 Å². The second kappa shape index (κ2) is 7.79. The molecular weight excluding hydrogens is 366 g/mol. The van der Waals surface area contributed by atoms with Crippen LogP contribution >= 0.6 is 0 Å². The average molecular weight is 391 g/mol. The Hall–Kier alpha value is -2.99. The molecule has 2 unspecified atom stereocenters. The van der Waals surface area contributed by atoms with Crippen LogP contribution in [0.2, 0.25) is 0 Å². The van der Waals surface area contributed by atoms with Gasteiger partial charge < -0.3 is 11.1 Å². The van der Waals surface area contributed by atoms with Crippen LogP contribution in [0.5, 0.6) is 0 Å². The lowest BCUT2D eigenvalue weighted by Gasteiger charge is -2.26. The SMILES string of the molecule is CC(CC1CC1)NCc1ccccc1C(C(N)=O)N1C(=O)c2ccccc2C1=O. The Labute approximate surface area is 170 Å². The Balaban J connectivity index is 1.62. The summed E-state index contributed by atoms with van der Waals surface area (Å²) < 4.78 is 0. The first kappa shape index (κ1) is 19.3. The molecule has 1 aliphatic heterocycles. The molecule has 2 aromatic rings. The van der Waals surface area contributed by atoms with E-state index in [1.807, 2.05) is 12.1 Å². The molecule has 0 bridgehead atoms. The van der Waals surface area contributed by atoms with Gasteiger partial charge in [0, 0.05) is 12.6 Å². The van der Waals surface area contributed by atoms with Gasteiger partial charge in [0.2, 0.25) is 5.91 Å². The standard InChI is InChI=1S/C23H25N3O3/c1-14(12-15-10-11-15)25-13-16-6-2-3-7-17(16)20(21(24)27)26-22(28)18-8-4-5-9-19(18)23(26)29/h2-9,14-15,20,25H,10-13H2,1H3,(H2,24,27). The highest BCUT2D eigenvalue weighted by Gasteiger charge is 2.43. The van der Waals surface area contributed by atoms with Gasteiger partial charge in [0.1, 0.15) is 6.04 Å². The third-order valence-corrected chi connectivity index (χ3v) is 5.73. The summed E-state index contributed by atoms with van der Waals surface area (Å²) in [4.78, 5) is 39.3. The van der Waals surface area contributed by atoms with Gasteiger partial charge in [-0.2, -0.15) is 0 Å². The van der Waals surface area contributed by atoms with Gasteiger partial charge in [0.15, 0.2) is 0 Å². The molecule has 0 saturated heterocycles. The number of benzene rings is 2. The quantitative estimate of drug-likeness (QED) is 0.677. The number of carbonyl (C=O) groups is 3. The molecule has 0 radical (unpaired) electrons. The number of imide groups is 1. The number of rotatable bonds is 8. The van der Waals surface area contributed by atoms with Crippen molar-refractivity contribution in [2.45, 2.75) is 44.8 Å². The molecule has 1 heterocycles. The fourth-order valence-electron chi connectivity index (χ4n) is 4.04. The van der Waals surface area contributed by atoms with Crippen molar-refractivity contribution in [3.05, 3.63) is 70.8 Å². The van der Waals surface area contributed by atoms with E-state index in [4.69, 9.17) is 5.73 Å². The summed E-state index contributed by atoms with van der Waals surface area (Å²) in [5.41, 5.74) is 7.75. The van der Waals surface area contributed by atoms with E-state index in [0.29, 0.717) is 29.3 Å². The summed E-state index contributed by atoms with van der Waals surface area (Å²) >= 11 is 0. The van der Waals surface area contributed by atoms with Crippen molar-refractivity contribution in [3.63, 3.8) is 0 Å². The fraction of sp³-hybridized carbons (Fsp3) is 0.348. The van der Waals surface area contributed by atoms with Gasteiger partial charge >= 0.3 is 0 Å². The van der Waals surface area contributed by atoms with Crippen LogP contribution in [-0.4, -0.2) is 28.7 Å². The monoisotopic (exact) mass is 391 g/mol. The molecule has 2 aliphatic rings. The smallest absolute Gasteiger partial charge is 0.262 e. The third-order valence-electron chi connectivity index (χ3n) is 5.73. The predicted molar refractivity (Wildman–Crippen MR) is 109 cm³/mol. The Morgan fingerprint density at radius 2 is 1.66 bits per heavy atom. The zero-order valence-corrected chi connectivity index (χ0v) is 16.4. The van der Waals surface area contributed by atoms with Crippen LogP contribution in [-0.2, 0) is 11.3 Å². The van der Waals surface area contributed by atoms with Crippen LogP contribution in [0.4, 0.5) is 0 Å².